The summed E-state index contributed by atoms with van der Waals surface area (Å²) in [6.45, 7) is 1.44. The van der Waals surface area contributed by atoms with Gasteiger partial charge in [-0.25, -0.2) is 19.6 Å². The van der Waals surface area contributed by atoms with E-state index < -0.39 is 0 Å². The standard InChI is InChI=1S/C18H20N6O2/c25-18-14-10-21-24(11-4-8-26-9-5-11)17(14)22-16(23-18)13-3-2-12(13)15-19-6-1-7-20-15/h1,6-7,10-13H,2-5,8-9H2,(H,22,23,25)/t12-,13?/m1/s1. The fourth-order valence-electron chi connectivity index (χ4n) is 3.96. The van der Waals surface area contributed by atoms with E-state index in [0.29, 0.717) is 11.0 Å². The van der Waals surface area contributed by atoms with Gasteiger partial charge in [0.1, 0.15) is 17.0 Å². The zero-order valence-corrected chi connectivity index (χ0v) is 14.3. The predicted octanol–water partition coefficient (Wildman–Crippen LogP) is 1.92. The molecule has 2 atom stereocenters. The molecule has 8 heteroatoms. The topological polar surface area (TPSA) is 98.6 Å². The Labute approximate surface area is 149 Å². The summed E-state index contributed by atoms with van der Waals surface area (Å²) in [5.41, 5.74) is 0.554. The molecule has 5 rings (SSSR count). The van der Waals surface area contributed by atoms with Gasteiger partial charge in [0, 0.05) is 37.4 Å². The fraction of sp³-hybridized carbons (Fsp3) is 0.500. The molecule has 0 bridgehead atoms. The van der Waals surface area contributed by atoms with Gasteiger partial charge in [0.15, 0.2) is 5.65 Å². The summed E-state index contributed by atoms with van der Waals surface area (Å²) in [7, 11) is 0. The molecule has 1 saturated carbocycles. The molecule has 3 aromatic heterocycles. The van der Waals surface area contributed by atoms with Crippen molar-refractivity contribution in [3.8, 4) is 0 Å². The number of nitrogens with zero attached hydrogens (tertiary/aromatic N) is 5. The summed E-state index contributed by atoms with van der Waals surface area (Å²) >= 11 is 0. The minimum absolute atomic E-state index is 0.122. The van der Waals surface area contributed by atoms with Crippen LogP contribution in [0.3, 0.4) is 0 Å². The van der Waals surface area contributed by atoms with Crippen molar-refractivity contribution in [3.63, 3.8) is 0 Å². The maximum absolute atomic E-state index is 12.6. The molecular formula is C18H20N6O2. The Hall–Kier alpha value is -2.61. The van der Waals surface area contributed by atoms with Crippen molar-refractivity contribution in [2.75, 3.05) is 13.2 Å². The molecule has 0 amide bonds. The molecule has 1 aliphatic heterocycles. The van der Waals surface area contributed by atoms with Crippen LogP contribution in [0, 0.1) is 0 Å². The van der Waals surface area contributed by atoms with Crippen LogP contribution in [0.2, 0.25) is 0 Å². The van der Waals surface area contributed by atoms with E-state index in [1.807, 2.05) is 10.7 Å². The Morgan fingerprint density at radius 1 is 1.08 bits per heavy atom. The lowest BCUT2D eigenvalue weighted by molar-refractivity contribution is 0.0673. The number of ether oxygens (including phenoxy) is 1. The van der Waals surface area contributed by atoms with Crippen molar-refractivity contribution in [2.45, 2.75) is 43.6 Å². The third-order valence-electron chi connectivity index (χ3n) is 5.56. The van der Waals surface area contributed by atoms with Crippen LogP contribution in [-0.2, 0) is 4.74 Å². The summed E-state index contributed by atoms with van der Waals surface area (Å²) in [4.78, 5) is 29.1. The van der Waals surface area contributed by atoms with Crippen molar-refractivity contribution in [3.05, 3.63) is 46.7 Å². The summed E-state index contributed by atoms with van der Waals surface area (Å²) in [5.74, 6) is 1.90. The van der Waals surface area contributed by atoms with Gasteiger partial charge in [-0.1, -0.05) is 0 Å². The molecule has 1 aliphatic carbocycles. The van der Waals surface area contributed by atoms with Gasteiger partial charge in [-0.3, -0.25) is 4.79 Å². The highest BCUT2D eigenvalue weighted by Gasteiger charge is 2.37. The van der Waals surface area contributed by atoms with Gasteiger partial charge in [-0.2, -0.15) is 5.10 Å². The number of hydrogen-bond donors (Lipinski definition) is 1. The van der Waals surface area contributed by atoms with Crippen LogP contribution >= 0.6 is 0 Å². The number of fused-ring (bicyclic) bond motifs is 1. The lowest BCUT2D eigenvalue weighted by atomic mass is 9.72. The first kappa shape index (κ1) is 15.6. The van der Waals surface area contributed by atoms with E-state index in [2.05, 4.69) is 20.1 Å². The van der Waals surface area contributed by atoms with Gasteiger partial charge in [-0.15, -0.1) is 0 Å². The molecule has 1 unspecified atom stereocenters. The third-order valence-corrected chi connectivity index (χ3v) is 5.56. The molecule has 26 heavy (non-hydrogen) atoms. The van der Waals surface area contributed by atoms with Crippen molar-refractivity contribution in [1.82, 2.24) is 29.7 Å². The quantitative estimate of drug-likeness (QED) is 0.773. The largest absolute Gasteiger partial charge is 0.381 e. The van der Waals surface area contributed by atoms with Crippen LogP contribution in [0.4, 0.5) is 0 Å². The minimum Gasteiger partial charge on any atom is -0.381 e. The van der Waals surface area contributed by atoms with Crippen LogP contribution in [0.15, 0.2) is 29.5 Å². The van der Waals surface area contributed by atoms with Crippen molar-refractivity contribution in [2.24, 2.45) is 0 Å². The molecule has 0 spiro atoms. The van der Waals surface area contributed by atoms with Crippen LogP contribution < -0.4 is 5.56 Å². The van der Waals surface area contributed by atoms with Gasteiger partial charge in [0.2, 0.25) is 0 Å². The van der Waals surface area contributed by atoms with E-state index in [1.54, 1.807) is 18.6 Å². The highest BCUT2D eigenvalue weighted by molar-refractivity contribution is 5.73. The Bertz CT molecular complexity index is 976. The summed E-state index contributed by atoms with van der Waals surface area (Å²) < 4.78 is 7.35. The zero-order valence-electron chi connectivity index (χ0n) is 14.3. The number of aromatic amines is 1. The Balaban J connectivity index is 1.53. The first-order valence-corrected chi connectivity index (χ1v) is 9.13. The van der Waals surface area contributed by atoms with E-state index in [-0.39, 0.29) is 23.4 Å². The smallest absolute Gasteiger partial charge is 0.262 e. The molecular weight excluding hydrogens is 332 g/mol. The van der Waals surface area contributed by atoms with E-state index in [1.165, 1.54) is 0 Å². The monoisotopic (exact) mass is 352 g/mol. The Morgan fingerprint density at radius 3 is 2.58 bits per heavy atom. The second-order valence-corrected chi connectivity index (χ2v) is 7.02. The number of hydrogen-bond acceptors (Lipinski definition) is 6. The number of aromatic nitrogens is 6. The second kappa shape index (κ2) is 6.28. The average Bonchev–Trinajstić information content (AvgIpc) is 3.07. The van der Waals surface area contributed by atoms with Crippen LogP contribution in [-0.4, -0.2) is 42.9 Å². The summed E-state index contributed by atoms with van der Waals surface area (Å²) in [6.07, 6.45) is 8.92. The van der Waals surface area contributed by atoms with Gasteiger partial charge < -0.3 is 9.72 Å². The molecule has 1 N–H and O–H groups in total. The van der Waals surface area contributed by atoms with Gasteiger partial charge in [0.05, 0.1) is 12.2 Å². The minimum atomic E-state index is -0.122. The maximum Gasteiger partial charge on any atom is 0.262 e. The molecule has 0 aromatic carbocycles. The number of nitrogens with one attached hydrogen (secondary N) is 1. The Kier molecular flexibility index (Phi) is 3.77. The Morgan fingerprint density at radius 2 is 1.85 bits per heavy atom. The molecule has 8 nitrogen and oxygen atoms in total. The molecule has 1 saturated heterocycles. The van der Waals surface area contributed by atoms with Crippen LogP contribution in [0.25, 0.3) is 11.0 Å². The first-order valence-electron chi connectivity index (χ1n) is 9.13. The van der Waals surface area contributed by atoms with Crippen LogP contribution in [0.5, 0.6) is 0 Å². The fourth-order valence-corrected chi connectivity index (χ4v) is 3.96. The predicted molar refractivity (Wildman–Crippen MR) is 94.0 cm³/mol. The van der Waals surface area contributed by atoms with Crippen molar-refractivity contribution < 1.29 is 4.74 Å². The molecule has 0 radical (unpaired) electrons. The lowest BCUT2D eigenvalue weighted by Crippen LogP contribution is -2.28. The van der Waals surface area contributed by atoms with Gasteiger partial charge >= 0.3 is 0 Å². The highest BCUT2D eigenvalue weighted by atomic mass is 16.5. The highest BCUT2D eigenvalue weighted by Crippen LogP contribution is 2.46. The van der Waals surface area contributed by atoms with E-state index >= 15 is 0 Å². The van der Waals surface area contributed by atoms with Gasteiger partial charge in [-0.05, 0) is 31.7 Å². The normalized spacial score (nSPS) is 23.8. The molecule has 3 aromatic rings. The maximum atomic E-state index is 12.6. The van der Waals surface area contributed by atoms with Crippen LogP contribution in [0.1, 0.15) is 55.2 Å². The summed E-state index contributed by atoms with van der Waals surface area (Å²) in [5, 5.41) is 5.00. The van der Waals surface area contributed by atoms with Gasteiger partial charge in [0.25, 0.3) is 5.56 Å². The molecule has 4 heterocycles. The zero-order chi connectivity index (χ0) is 17.5. The SMILES string of the molecule is O=c1[nH]c(C2CC[C@H]2c2ncccn2)nc2c1cnn2C1CCOCC1. The van der Waals surface area contributed by atoms with Crippen molar-refractivity contribution >= 4 is 11.0 Å². The molecule has 134 valence electrons. The van der Waals surface area contributed by atoms with Crippen molar-refractivity contribution in [1.29, 1.82) is 0 Å². The number of H-pyrrole nitrogens is 1. The average molecular weight is 352 g/mol. The number of rotatable bonds is 3. The van der Waals surface area contributed by atoms with E-state index in [4.69, 9.17) is 9.72 Å². The second-order valence-electron chi connectivity index (χ2n) is 7.02. The molecule has 2 aliphatic rings. The third kappa shape index (κ3) is 2.52. The molecule has 2 fully saturated rings. The summed E-state index contributed by atoms with van der Waals surface area (Å²) in [6, 6.07) is 2.05. The lowest BCUT2D eigenvalue weighted by Gasteiger charge is -2.34. The van der Waals surface area contributed by atoms with E-state index in [0.717, 1.165) is 50.5 Å². The first-order chi connectivity index (χ1) is 12.8. The van der Waals surface area contributed by atoms with E-state index in [9.17, 15) is 4.79 Å².